The Hall–Kier alpha value is -1.56. The predicted molar refractivity (Wildman–Crippen MR) is 63.2 cm³/mol. The van der Waals surface area contributed by atoms with Gasteiger partial charge in [-0.25, -0.2) is 4.98 Å². The Morgan fingerprint density at radius 1 is 1.69 bits per heavy atom. The Morgan fingerprint density at radius 2 is 2.44 bits per heavy atom. The zero-order chi connectivity index (χ0) is 11.7. The van der Waals surface area contributed by atoms with Crippen molar-refractivity contribution in [2.45, 2.75) is 19.4 Å². The second-order valence-corrected chi connectivity index (χ2v) is 4.31. The number of H-pyrrole nitrogens is 1. The largest absolute Gasteiger partial charge is 0.391 e. The molecule has 0 amide bonds. The molecule has 0 aromatic carbocycles. The van der Waals surface area contributed by atoms with Crippen molar-refractivity contribution >= 4 is 11.5 Å². The first-order valence-corrected chi connectivity index (χ1v) is 5.43. The van der Waals surface area contributed by atoms with Crippen LogP contribution in [0.15, 0.2) is 11.1 Å². The van der Waals surface area contributed by atoms with Crippen LogP contribution in [0, 0.1) is 5.92 Å². The predicted octanol–water partition coefficient (Wildman–Crippen LogP) is -0.474. The van der Waals surface area contributed by atoms with Crippen molar-refractivity contribution in [1.82, 2.24) is 9.97 Å². The van der Waals surface area contributed by atoms with Gasteiger partial charge in [0.2, 0.25) is 0 Å². The molecular weight excluding hydrogens is 206 g/mol. The number of aromatic amines is 1. The Balaban J connectivity index is 2.31. The van der Waals surface area contributed by atoms with Gasteiger partial charge in [-0.2, -0.15) is 0 Å². The maximum Gasteiger partial charge on any atom is 0.276 e. The Bertz CT molecular complexity index is 429. The van der Waals surface area contributed by atoms with E-state index in [0.29, 0.717) is 24.3 Å². The van der Waals surface area contributed by atoms with Crippen molar-refractivity contribution in [2.24, 2.45) is 11.7 Å². The highest BCUT2D eigenvalue weighted by Crippen LogP contribution is 2.28. The van der Waals surface area contributed by atoms with Crippen LogP contribution in [0.25, 0.3) is 0 Å². The van der Waals surface area contributed by atoms with E-state index in [4.69, 9.17) is 11.5 Å². The van der Waals surface area contributed by atoms with E-state index in [9.17, 15) is 4.79 Å². The van der Waals surface area contributed by atoms with E-state index in [0.717, 1.165) is 13.0 Å². The third-order valence-corrected chi connectivity index (χ3v) is 3.13. The van der Waals surface area contributed by atoms with Gasteiger partial charge in [0.1, 0.15) is 5.69 Å². The SMILES string of the molecule is CC1CC(CN)CN1c1nc[nH]c(=O)c1N. The first kappa shape index (κ1) is 10.9. The summed E-state index contributed by atoms with van der Waals surface area (Å²) in [5, 5.41) is 0. The molecule has 16 heavy (non-hydrogen) atoms. The lowest BCUT2D eigenvalue weighted by atomic mass is 10.1. The van der Waals surface area contributed by atoms with Gasteiger partial charge in [-0.05, 0) is 25.8 Å². The van der Waals surface area contributed by atoms with Gasteiger partial charge in [-0.1, -0.05) is 0 Å². The smallest absolute Gasteiger partial charge is 0.276 e. The average molecular weight is 223 g/mol. The maximum absolute atomic E-state index is 11.4. The highest BCUT2D eigenvalue weighted by molar-refractivity contribution is 5.61. The van der Waals surface area contributed by atoms with Crippen LogP contribution in [0.1, 0.15) is 13.3 Å². The summed E-state index contributed by atoms with van der Waals surface area (Å²) in [4.78, 5) is 20.0. The second kappa shape index (κ2) is 4.13. The molecule has 88 valence electrons. The second-order valence-electron chi connectivity index (χ2n) is 4.31. The number of nitrogens with zero attached hydrogens (tertiary/aromatic N) is 2. The lowest BCUT2D eigenvalue weighted by molar-refractivity contribution is 0.579. The van der Waals surface area contributed by atoms with Crippen LogP contribution >= 0.6 is 0 Å². The molecule has 0 bridgehead atoms. The van der Waals surface area contributed by atoms with Crippen molar-refractivity contribution < 1.29 is 0 Å². The van der Waals surface area contributed by atoms with Crippen LogP contribution < -0.4 is 21.9 Å². The molecular formula is C10H17N5O. The molecule has 2 unspecified atom stereocenters. The fourth-order valence-electron chi connectivity index (χ4n) is 2.24. The fourth-order valence-corrected chi connectivity index (χ4v) is 2.24. The lowest BCUT2D eigenvalue weighted by Crippen LogP contribution is -2.31. The summed E-state index contributed by atoms with van der Waals surface area (Å²) >= 11 is 0. The van der Waals surface area contributed by atoms with Gasteiger partial charge >= 0.3 is 0 Å². The van der Waals surface area contributed by atoms with Crippen LogP contribution in [0.2, 0.25) is 0 Å². The summed E-state index contributed by atoms with van der Waals surface area (Å²) in [6.45, 7) is 3.57. The number of nitrogens with two attached hydrogens (primary N) is 2. The Kier molecular flexibility index (Phi) is 2.82. The van der Waals surface area contributed by atoms with Gasteiger partial charge in [0.15, 0.2) is 5.82 Å². The summed E-state index contributed by atoms with van der Waals surface area (Å²) in [6.07, 6.45) is 2.40. The molecule has 1 aromatic heterocycles. The molecule has 0 aliphatic carbocycles. The van der Waals surface area contributed by atoms with Crippen LogP contribution in [0.3, 0.4) is 0 Å². The molecule has 5 N–H and O–H groups in total. The molecule has 6 heteroatoms. The summed E-state index contributed by atoms with van der Waals surface area (Å²) in [6, 6.07) is 0.324. The summed E-state index contributed by atoms with van der Waals surface area (Å²) in [5.41, 5.74) is 11.3. The highest BCUT2D eigenvalue weighted by atomic mass is 16.1. The molecule has 1 aliphatic rings. The maximum atomic E-state index is 11.4. The number of anilines is 2. The molecule has 0 radical (unpaired) electrons. The molecule has 6 nitrogen and oxygen atoms in total. The van der Waals surface area contributed by atoms with Gasteiger partial charge in [0.25, 0.3) is 5.56 Å². The topological polar surface area (TPSA) is 101 Å². The molecule has 1 saturated heterocycles. The quantitative estimate of drug-likeness (QED) is 0.629. The highest BCUT2D eigenvalue weighted by Gasteiger charge is 2.30. The van der Waals surface area contributed by atoms with E-state index in [1.807, 2.05) is 0 Å². The van der Waals surface area contributed by atoms with Crippen molar-refractivity contribution in [3.63, 3.8) is 0 Å². The molecule has 2 rings (SSSR count). The van der Waals surface area contributed by atoms with Gasteiger partial charge in [0.05, 0.1) is 6.33 Å². The first-order chi connectivity index (χ1) is 7.63. The van der Waals surface area contributed by atoms with Crippen molar-refractivity contribution in [1.29, 1.82) is 0 Å². The Morgan fingerprint density at radius 3 is 3.06 bits per heavy atom. The van der Waals surface area contributed by atoms with E-state index >= 15 is 0 Å². The number of nitrogens with one attached hydrogen (secondary N) is 1. The van der Waals surface area contributed by atoms with E-state index in [1.54, 1.807) is 0 Å². The van der Waals surface area contributed by atoms with Crippen molar-refractivity contribution in [3.8, 4) is 0 Å². The number of hydrogen-bond donors (Lipinski definition) is 3. The van der Waals surface area contributed by atoms with Gasteiger partial charge in [-0.15, -0.1) is 0 Å². The monoisotopic (exact) mass is 223 g/mol. The van der Waals surface area contributed by atoms with E-state index in [1.165, 1.54) is 6.33 Å². The number of aromatic nitrogens is 2. The Labute approximate surface area is 93.7 Å². The first-order valence-electron chi connectivity index (χ1n) is 5.43. The van der Waals surface area contributed by atoms with Crippen molar-refractivity contribution in [3.05, 3.63) is 16.7 Å². The number of nitrogen functional groups attached to an aromatic ring is 1. The third kappa shape index (κ3) is 1.76. The van der Waals surface area contributed by atoms with E-state index < -0.39 is 0 Å². The van der Waals surface area contributed by atoms with Crippen LogP contribution in [-0.4, -0.2) is 29.1 Å². The zero-order valence-electron chi connectivity index (χ0n) is 9.31. The van der Waals surface area contributed by atoms with Gasteiger partial charge in [0, 0.05) is 12.6 Å². The molecule has 1 fully saturated rings. The number of hydrogen-bond acceptors (Lipinski definition) is 5. The molecule has 0 spiro atoms. The van der Waals surface area contributed by atoms with Crippen LogP contribution in [0.4, 0.5) is 11.5 Å². The summed E-state index contributed by atoms with van der Waals surface area (Å²) < 4.78 is 0. The van der Waals surface area contributed by atoms with Crippen LogP contribution in [-0.2, 0) is 0 Å². The minimum atomic E-state index is -0.284. The lowest BCUT2D eigenvalue weighted by Gasteiger charge is -2.23. The summed E-state index contributed by atoms with van der Waals surface area (Å²) in [5.74, 6) is 1.03. The van der Waals surface area contributed by atoms with Crippen molar-refractivity contribution in [2.75, 3.05) is 23.7 Å². The van der Waals surface area contributed by atoms with Gasteiger partial charge in [-0.3, -0.25) is 4.79 Å². The minimum Gasteiger partial charge on any atom is -0.391 e. The molecule has 1 aliphatic heterocycles. The van der Waals surface area contributed by atoms with Crippen LogP contribution in [0.5, 0.6) is 0 Å². The van der Waals surface area contributed by atoms with E-state index in [2.05, 4.69) is 21.8 Å². The fraction of sp³-hybridized carbons (Fsp3) is 0.600. The normalized spacial score (nSPS) is 25.0. The van der Waals surface area contributed by atoms with Gasteiger partial charge < -0.3 is 21.4 Å². The van der Waals surface area contributed by atoms with E-state index in [-0.39, 0.29) is 11.2 Å². The number of rotatable bonds is 2. The molecule has 2 heterocycles. The average Bonchev–Trinajstić information content (AvgIpc) is 2.64. The molecule has 1 aromatic rings. The zero-order valence-corrected chi connectivity index (χ0v) is 9.31. The summed E-state index contributed by atoms with van der Waals surface area (Å²) in [7, 11) is 0. The molecule has 0 saturated carbocycles. The third-order valence-electron chi connectivity index (χ3n) is 3.13. The minimum absolute atomic E-state index is 0.187. The molecule has 2 atom stereocenters. The standard InChI is InChI=1S/C10H17N5O/c1-6-2-7(3-11)4-15(6)9-8(12)10(16)14-5-13-9/h5-7H,2-4,11-12H2,1H3,(H,13,14,16).